The number of anilines is 1. The maximum atomic E-state index is 13.3. The highest BCUT2D eigenvalue weighted by Crippen LogP contribution is 2.26. The standard InChI is InChI=1S/C28H28N8O/c1-20-3-9-23(10-4-20)36-26(32-28(37)24-18-31-35-14-2-11-30-27(24)35)17-25(33-36)22-7-5-21(6-8-22)19-34-15-12-29-13-16-34/h2-11,14,17-18,29H,12-13,15-16,19H2,1H3,(H,32,37). The second-order valence-electron chi connectivity index (χ2n) is 9.29. The van der Waals surface area contributed by atoms with E-state index >= 15 is 0 Å². The predicted octanol–water partition coefficient (Wildman–Crippen LogP) is 3.55. The Bertz CT molecular complexity index is 1530. The Labute approximate surface area is 214 Å². The molecule has 0 saturated carbocycles. The van der Waals surface area contributed by atoms with Crippen LogP contribution >= 0.6 is 0 Å². The lowest BCUT2D eigenvalue weighted by molar-refractivity contribution is 0.102. The third kappa shape index (κ3) is 4.87. The Balaban J connectivity index is 1.30. The van der Waals surface area contributed by atoms with E-state index in [2.05, 4.69) is 49.9 Å². The fraction of sp³-hybridized carbons (Fsp3) is 0.214. The molecule has 37 heavy (non-hydrogen) atoms. The number of amides is 1. The van der Waals surface area contributed by atoms with Crippen LogP contribution in [0.5, 0.6) is 0 Å². The minimum absolute atomic E-state index is 0.292. The van der Waals surface area contributed by atoms with Gasteiger partial charge in [0.15, 0.2) is 5.65 Å². The van der Waals surface area contributed by atoms with E-state index in [1.807, 2.05) is 37.3 Å². The van der Waals surface area contributed by atoms with Crippen molar-refractivity contribution in [2.45, 2.75) is 13.5 Å². The van der Waals surface area contributed by atoms with Crippen LogP contribution in [-0.2, 0) is 6.54 Å². The molecular formula is C28H28N8O. The van der Waals surface area contributed by atoms with Gasteiger partial charge in [0, 0.05) is 56.7 Å². The van der Waals surface area contributed by atoms with Crippen LogP contribution in [-0.4, -0.2) is 61.4 Å². The molecule has 2 aromatic carbocycles. The summed E-state index contributed by atoms with van der Waals surface area (Å²) in [4.78, 5) is 20.0. The summed E-state index contributed by atoms with van der Waals surface area (Å²) in [6.07, 6.45) is 4.94. The number of hydrogen-bond acceptors (Lipinski definition) is 6. The second kappa shape index (κ2) is 9.96. The van der Waals surface area contributed by atoms with Crippen molar-refractivity contribution in [3.63, 3.8) is 0 Å². The van der Waals surface area contributed by atoms with Gasteiger partial charge in [-0.05, 0) is 30.7 Å². The van der Waals surface area contributed by atoms with Gasteiger partial charge in [0.2, 0.25) is 0 Å². The maximum absolute atomic E-state index is 13.3. The van der Waals surface area contributed by atoms with Crippen LogP contribution in [0.1, 0.15) is 21.5 Å². The lowest BCUT2D eigenvalue weighted by Gasteiger charge is -2.27. The number of nitrogens with zero attached hydrogens (tertiary/aromatic N) is 6. The number of aromatic nitrogens is 5. The SMILES string of the molecule is Cc1ccc(-n2nc(-c3ccc(CN4CCNCC4)cc3)cc2NC(=O)c2cnn3cccnc23)cc1. The van der Waals surface area contributed by atoms with Gasteiger partial charge in [-0.15, -0.1) is 0 Å². The quantitative estimate of drug-likeness (QED) is 0.377. The van der Waals surface area contributed by atoms with Crippen molar-refractivity contribution in [3.05, 3.63) is 95.9 Å². The summed E-state index contributed by atoms with van der Waals surface area (Å²) in [7, 11) is 0. The Kier molecular flexibility index (Phi) is 6.21. The topological polar surface area (TPSA) is 92.4 Å². The number of piperazine rings is 1. The third-order valence-corrected chi connectivity index (χ3v) is 6.62. The fourth-order valence-corrected chi connectivity index (χ4v) is 4.57. The van der Waals surface area contributed by atoms with Gasteiger partial charge in [-0.2, -0.15) is 10.2 Å². The van der Waals surface area contributed by atoms with Gasteiger partial charge in [0.05, 0.1) is 17.6 Å². The highest BCUT2D eigenvalue weighted by atomic mass is 16.1. The Morgan fingerprint density at radius 2 is 1.84 bits per heavy atom. The van der Waals surface area contributed by atoms with Crippen LogP contribution in [0.3, 0.4) is 0 Å². The molecule has 0 aliphatic carbocycles. The summed E-state index contributed by atoms with van der Waals surface area (Å²) in [5, 5.41) is 15.5. The molecule has 3 aromatic heterocycles. The van der Waals surface area contributed by atoms with Crippen LogP contribution in [0.4, 0.5) is 5.82 Å². The van der Waals surface area contributed by atoms with E-state index in [-0.39, 0.29) is 5.91 Å². The molecule has 1 amide bonds. The molecule has 1 saturated heterocycles. The van der Waals surface area contributed by atoms with Crippen LogP contribution in [0.2, 0.25) is 0 Å². The highest BCUT2D eigenvalue weighted by Gasteiger charge is 2.18. The number of fused-ring (bicyclic) bond motifs is 1. The van der Waals surface area contributed by atoms with Crippen molar-refractivity contribution in [1.29, 1.82) is 0 Å². The van der Waals surface area contributed by atoms with E-state index in [9.17, 15) is 4.79 Å². The van der Waals surface area contributed by atoms with Crippen LogP contribution in [0, 0.1) is 6.92 Å². The summed E-state index contributed by atoms with van der Waals surface area (Å²) in [6.45, 7) is 7.18. The molecule has 0 atom stereocenters. The molecule has 6 rings (SSSR count). The third-order valence-electron chi connectivity index (χ3n) is 6.62. The summed E-state index contributed by atoms with van der Waals surface area (Å²) in [6, 6.07) is 20.2. The average Bonchev–Trinajstić information content (AvgIpc) is 3.55. The van der Waals surface area contributed by atoms with Gasteiger partial charge in [-0.3, -0.25) is 9.69 Å². The van der Waals surface area contributed by atoms with Gasteiger partial charge in [-0.25, -0.2) is 14.2 Å². The fourth-order valence-electron chi connectivity index (χ4n) is 4.57. The van der Waals surface area contributed by atoms with E-state index in [0.717, 1.165) is 55.2 Å². The Morgan fingerprint density at radius 3 is 2.62 bits per heavy atom. The van der Waals surface area contributed by atoms with E-state index in [0.29, 0.717) is 17.0 Å². The number of carbonyl (C=O) groups is 1. The van der Waals surface area contributed by atoms with Crippen LogP contribution < -0.4 is 10.6 Å². The molecule has 2 N–H and O–H groups in total. The zero-order valence-corrected chi connectivity index (χ0v) is 20.6. The average molecular weight is 493 g/mol. The number of aryl methyl sites for hydroxylation is 1. The molecule has 1 aliphatic rings. The summed E-state index contributed by atoms with van der Waals surface area (Å²) in [5.41, 5.74) is 5.96. The second-order valence-corrected chi connectivity index (χ2v) is 9.29. The normalized spacial score (nSPS) is 14.2. The monoisotopic (exact) mass is 492 g/mol. The summed E-state index contributed by atoms with van der Waals surface area (Å²) in [5.74, 6) is 0.281. The molecule has 0 spiro atoms. The van der Waals surface area contributed by atoms with Crippen LogP contribution in [0.15, 0.2) is 79.3 Å². The van der Waals surface area contributed by atoms with Gasteiger partial charge in [0.1, 0.15) is 11.4 Å². The number of benzene rings is 2. The number of nitrogens with one attached hydrogen (secondary N) is 2. The van der Waals surface area contributed by atoms with Crippen LogP contribution in [0.25, 0.3) is 22.6 Å². The molecule has 0 bridgehead atoms. The minimum Gasteiger partial charge on any atom is -0.314 e. The summed E-state index contributed by atoms with van der Waals surface area (Å²) >= 11 is 0. The van der Waals surface area contributed by atoms with Crippen molar-refractivity contribution in [3.8, 4) is 16.9 Å². The van der Waals surface area contributed by atoms with Crippen molar-refractivity contribution >= 4 is 17.4 Å². The molecule has 1 aliphatic heterocycles. The van der Waals surface area contributed by atoms with E-state index in [1.165, 1.54) is 11.8 Å². The van der Waals surface area contributed by atoms with Gasteiger partial charge < -0.3 is 10.6 Å². The first kappa shape index (κ1) is 23.1. The molecule has 9 nitrogen and oxygen atoms in total. The van der Waals surface area contributed by atoms with E-state index < -0.39 is 0 Å². The number of hydrogen-bond donors (Lipinski definition) is 2. The molecule has 4 heterocycles. The minimum atomic E-state index is -0.292. The summed E-state index contributed by atoms with van der Waals surface area (Å²) < 4.78 is 3.35. The van der Waals surface area contributed by atoms with Crippen molar-refractivity contribution < 1.29 is 4.79 Å². The number of carbonyl (C=O) groups excluding carboxylic acids is 1. The van der Waals surface area contributed by atoms with E-state index in [4.69, 9.17) is 5.10 Å². The molecule has 9 heteroatoms. The maximum Gasteiger partial charge on any atom is 0.262 e. The zero-order chi connectivity index (χ0) is 25.2. The molecular weight excluding hydrogens is 464 g/mol. The van der Waals surface area contributed by atoms with Crippen molar-refractivity contribution in [2.75, 3.05) is 31.5 Å². The van der Waals surface area contributed by atoms with Gasteiger partial charge in [0.25, 0.3) is 5.91 Å². The largest absolute Gasteiger partial charge is 0.314 e. The first-order valence-corrected chi connectivity index (χ1v) is 12.4. The molecule has 5 aromatic rings. The highest BCUT2D eigenvalue weighted by molar-refractivity contribution is 6.08. The molecule has 0 unspecified atom stereocenters. The molecule has 186 valence electrons. The smallest absolute Gasteiger partial charge is 0.262 e. The first-order valence-electron chi connectivity index (χ1n) is 12.4. The van der Waals surface area contributed by atoms with Gasteiger partial charge in [-0.1, -0.05) is 42.0 Å². The zero-order valence-electron chi connectivity index (χ0n) is 20.6. The van der Waals surface area contributed by atoms with Gasteiger partial charge >= 0.3 is 0 Å². The molecule has 1 fully saturated rings. The Morgan fingerprint density at radius 1 is 1.05 bits per heavy atom. The first-order chi connectivity index (χ1) is 18.1. The number of rotatable bonds is 6. The molecule has 0 radical (unpaired) electrons. The predicted molar refractivity (Wildman–Crippen MR) is 143 cm³/mol. The lowest BCUT2D eigenvalue weighted by atomic mass is 10.1. The van der Waals surface area contributed by atoms with Crippen molar-refractivity contribution in [1.82, 2.24) is 34.6 Å². The van der Waals surface area contributed by atoms with Crippen molar-refractivity contribution in [2.24, 2.45) is 0 Å². The lowest BCUT2D eigenvalue weighted by Crippen LogP contribution is -2.42. The van der Waals surface area contributed by atoms with E-state index in [1.54, 1.807) is 27.7 Å². The Hall–Kier alpha value is -4.34.